The van der Waals surface area contributed by atoms with Crippen molar-refractivity contribution in [3.05, 3.63) is 18.1 Å². The molecule has 0 radical (unpaired) electrons. The Morgan fingerprint density at radius 3 is 2.71 bits per heavy atom. The van der Waals surface area contributed by atoms with Crippen LogP contribution >= 0.6 is 0 Å². The summed E-state index contributed by atoms with van der Waals surface area (Å²) in [6, 6.07) is 0. The van der Waals surface area contributed by atoms with E-state index in [1.54, 1.807) is 11.9 Å². The van der Waals surface area contributed by atoms with Crippen LogP contribution in [0.25, 0.3) is 0 Å². The number of rotatable bonds is 6. The topological polar surface area (TPSA) is 75.5 Å². The number of carboxylic acids is 1. The maximum atomic E-state index is 10.9. The fourth-order valence-electron chi connectivity index (χ4n) is 1.29. The SMILES string of the molecule is CC(C)OCCN(C)c1nccnc1C(=O)O. The number of aromatic nitrogens is 2. The van der Waals surface area contributed by atoms with Crippen LogP contribution in [0, 0.1) is 0 Å². The van der Waals surface area contributed by atoms with Gasteiger partial charge in [0.15, 0.2) is 11.5 Å². The van der Waals surface area contributed by atoms with Crippen LogP contribution in [0.4, 0.5) is 5.82 Å². The van der Waals surface area contributed by atoms with E-state index in [0.717, 1.165) is 0 Å². The molecular weight excluding hydrogens is 222 g/mol. The second-order valence-corrected chi connectivity index (χ2v) is 3.87. The smallest absolute Gasteiger partial charge is 0.358 e. The number of aromatic carboxylic acids is 1. The fourth-order valence-corrected chi connectivity index (χ4v) is 1.29. The maximum absolute atomic E-state index is 10.9. The summed E-state index contributed by atoms with van der Waals surface area (Å²) in [7, 11) is 1.76. The molecule has 6 heteroatoms. The van der Waals surface area contributed by atoms with E-state index in [2.05, 4.69) is 9.97 Å². The molecule has 0 aliphatic carbocycles. The minimum absolute atomic E-state index is 0.0421. The highest BCUT2D eigenvalue weighted by Crippen LogP contribution is 2.12. The summed E-state index contributed by atoms with van der Waals surface area (Å²) < 4.78 is 5.40. The molecule has 1 heterocycles. The first-order chi connectivity index (χ1) is 8.02. The predicted molar refractivity (Wildman–Crippen MR) is 63.3 cm³/mol. The number of ether oxygens (including phenoxy) is 1. The van der Waals surface area contributed by atoms with Gasteiger partial charge in [0.25, 0.3) is 0 Å². The lowest BCUT2D eigenvalue weighted by atomic mass is 10.3. The Kier molecular flexibility index (Phi) is 4.84. The van der Waals surface area contributed by atoms with Crippen molar-refractivity contribution in [1.29, 1.82) is 0 Å². The highest BCUT2D eigenvalue weighted by molar-refractivity contribution is 5.90. The molecule has 0 bridgehead atoms. The average Bonchev–Trinajstić information content (AvgIpc) is 2.28. The Morgan fingerprint density at radius 1 is 1.47 bits per heavy atom. The number of anilines is 1. The predicted octanol–water partition coefficient (Wildman–Crippen LogP) is 1.04. The molecule has 1 aromatic heterocycles. The van der Waals surface area contributed by atoms with E-state index in [0.29, 0.717) is 19.0 Å². The zero-order valence-electron chi connectivity index (χ0n) is 10.3. The van der Waals surface area contributed by atoms with Crippen LogP contribution < -0.4 is 4.90 Å². The number of hydrogen-bond donors (Lipinski definition) is 1. The average molecular weight is 239 g/mol. The van der Waals surface area contributed by atoms with Crippen molar-refractivity contribution >= 4 is 11.8 Å². The number of carboxylic acid groups (broad SMARTS) is 1. The number of likely N-dealkylation sites (N-methyl/N-ethyl adjacent to an activating group) is 1. The Bertz CT molecular complexity index is 382. The standard InChI is InChI=1S/C11H17N3O3/c1-8(2)17-7-6-14(3)10-9(11(15)16)12-4-5-13-10/h4-5,8H,6-7H2,1-3H3,(H,15,16). The minimum Gasteiger partial charge on any atom is -0.476 e. The third-order valence-electron chi connectivity index (χ3n) is 2.12. The number of nitrogens with zero attached hydrogens (tertiary/aromatic N) is 3. The number of carbonyl (C=O) groups is 1. The molecule has 0 amide bonds. The second-order valence-electron chi connectivity index (χ2n) is 3.87. The monoisotopic (exact) mass is 239 g/mol. The summed E-state index contributed by atoms with van der Waals surface area (Å²) in [6.07, 6.45) is 3.00. The number of hydrogen-bond acceptors (Lipinski definition) is 5. The summed E-state index contributed by atoms with van der Waals surface area (Å²) >= 11 is 0. The van der Waals surface area contributed by atoms with Gasteiger partial charge >= 0.3 is 5.97 Å². The lowest BCUT2D eigenvalue weighted by Crippen LogP contribution is -2.27. The molecule has 94 valence electrons. The molecule has 1 N–H and O–H groups in total. The van der Waals surface area contributed by atoms with Gasteiger partial charge in [-0.1, -0.05) is 0 Å². The van der Waals surface area contributed by atoms with Gasteiger partial charge < -0.3 is 14.7 Å². The van der Waals surface area contributed by atoms with Gasteiger partial charge in [0.2, 0.25) is 0 Å². The summed E-state index contributed by atoms with van der Waals surface area (Å²) in [5, 5.41) is 8.97. The summed E-state index contributed by atoms with van der Waals surface area (Å²) in [4.78, 5) is 20.5. The van der Waals surface area contributed by atoms with E-state index in [4.69, 9.17) is 9.84 Å². The van der Waals surface area contributed by atoms with Crippen LogP contribution in [0.15, 0.2) is 12.4 Å². The second kappa shape index (κ2) is 6.15. The van der Waals surface area contributed by atoms with Crippen molar-refractivity contribution in [3.8, 4) is 0 Å². The minimum atomic E-state index is -1.08. The first kappa shape index (κ1) is 13.4. The zero-order valence-corrected chi connectivity index (χ0v) is 10.3. The van der Waals surface area contributed by atoms with Gasteiger partial charge in [0, 0.05) is 26.0 Å². The van der Waals surface area contributed by atoms with Crippen LogP contribution in [-0.2, 0) is 4.74 Å². The molecule has 6 nitrogen and oxygen atoms in total. The Balaban J connectivity index is 2.68. The highest BCUT2D eigenvalue weighted by atomic mass is 16.5. The summed E-state index contributed by atoms with van der Waals surface area (Å²) in [5.41, 5.74) is -0.0421. The third-order valence-corrected chi connectivity index (χ3v) is 2.12. The molecule has 1 aromatic rings. The van der Waals surface area contributed by atoms with Gasteiger partial charge in [0.1, 0.15) is 0 Å². The highest BCUT2D eigenvalue weighted by Gasteiger charge is 2.15. The molecule has 0 spiro atoms. The van der Waals surface area contributed by atoms with Gasteiger partial charge in [-0.2, -0.15) is 0 Å². The lowest BCUT2D eigenvalue weighted by molar-refractivity contribution is 0.0689. The Hall–Kier alpha value is -1.69. The van der Waals surface area contributed by atoms with Gasteiger partial charge in [-0.25, -0.2) is 14.8 Å². The van der Waals surface area contributed by atoms with Crippen molar-refractivity contribution in [3.63, 3.8) is 0 Å². The van der Waals surface area contributed by atoms with Gasteiger partial charge in [0.05, 0.1) is 12.7 Å². The molecule has 0 aliphatic rings. The van der Waals surface area contributed by atoms with Gasteiger partial charge in [-0.3, -0.25) is 0 Å². The van der Waals surface area contributed by atoms with Crippen LogP contribution in [0.3, 0.4) is 0 Å². The van der Waals surface area contributed by atoms with Crippen LogP contribution in [-0.4, -0.2) is 47.3 Å². The van der Waals surface area contributed by atoms with E-state index in [1.165, 1.54) is 12.4 Å². The molecule has 0 saturated heterocycles. The van der Waals surface area contributed by atoms with E-state index in [9.17, 15) is 4.79 Å². The maximum Gasteiger partial charge on any atom is 0.358 e. The van der Waals surface area contributed by atoms with Crippen molar-refractivity contribution in [1.82, 2.24) is 9.97 Å². The Labute approximate surface area is 100 Å². The molecule has 17 heavy (non-hydrogen) atoms. The quantitative estimate of drug-likeness (QED) is 0.799. The third kappa shape index (κ3) is 3.99. The molecule has 0 unspecified atom stereocenters. The van der Waals surface area contributed by atoms with E-state index in [-0.39, 0.29) is 11.8 Å². The van der Waals surface area contributed by atoms with Crippen molar-refractivity contribution in [2.45, 2.75) is 20.0 Å². The summed E-state index contributed by atoms with van der Waals surface area (Å²) in [5.74, 6) is -0.725. The van der Waals surface area contributed by atoms with Crippen LogP contribution in [0.1, 0.15) is 24.3 Å². The molecule has 0 saturated carbocycles. The van der Waals surface area contributed by atoms with Crippen LogP contribution in [0.5, 0.6) is 0 Å². The van der Waals surface area contributed by atoms with Gasteiger partial charge in [-0.15, -0.1) is 0 Å². The summed E-state index contributed by atoms with van der Waals surface area (Å²) in [6.45, 7) is 4.98. The van der Waals surface area contributed by atoms with Crippen molar-refractivity contribution < 1.29 is 14.6 Å². The van der Waals surface area contributed by atoms with Crippen LogP contribution in [0.2, 0.25) is 0 Å². The fraction of sp³-hybridized carbons (Fsp3) is 0.545. The molecular formula is C11H17N3O3. The van der Waals surface area contributed by atoms with E-state index >= 15 is 0 Å². The van der Waals surface area contributed by atoms with Crippen molar-refractivity contribution in [2.24, 2.45) is 0 Å². The lowest BCUT2D eigenvalue weighted by Gasteiger charge is -2.19. The molecule has 0 aliphatic heterocycles. The van der Waals surface area contributed by atoms with Crippen molar-refractivity contribution in [2.75, 3.05) is 25.1 Å². The first-order valence-electron chi connectivity index (χ1n) is 5.39. The zero-order chi connectivity index (χ0) is 12.8. The molecule has 0 aromatic carbocycles. The molecule has 1 rings (SSSR count). The molecule has 0 fully saturated rings. The Morgan fingerprint density at radius 2 is 2.12 bits per heavy atom. The van der Waals surface area contributed by atoms with Gasteiger partial charge in [-0.05, 0) is 13.8 Å². The normalized spacial score (nSPS) is 10.6. The van der Waals surface area contributed by atoms with E-state index < -0.39 is 5.97 Å². The van der Waals surface area contributed by atoms with E-state index in [1.807, 2.05) is 13.8 Å². The molecule has 0 atom stereocenters. The largest absolute Gasteiger partial charge is 0.476 e. The first-order valence-corrected chi connectivity index (χ1v) is 5.39.